The van der Waals surface area contributed by atoms with Crippen molar-refractivity contribution in [1.82, 2.24) is 0 Å². The molecule has 0 radical (unpaired) electrons. The van der Waals surface area contributed by atoms with E-state index in [1.54, 1.807) is 12.5 Å². The van der Waals surface area contributed by atoms with E-state index >= 15 is 0 Å². The monoisotopic (exact) mass is 282 g/mol. The van der Waals surface area contributed by atoms with Gasteiger partial charge in [-0.05, 0) is 62.1 Å². The van der Waals surface area contributed by atoms with Crippen LogP contribution in [0.15, 0.2) is 56.8 Å². The third-order valence-electron chi connectivity index (χ3n) is 3.69. The van der Waals surface area contributed by atoms with Gasteiger partial charge in [0.05, 0.1) is 12.5 Å². The van der Waals surface area contributed by atoms with E-state index in [-0.39, 0.29) is 5.78 Å². The van der Waals surface area contributed by atoms with Crippen molar-refractivity contribution < 1.29 is 13.6 Å². The Kier molecular flexibility index (Phi) is 4.20. The predicted octanol–water partition coefficient (Wildman–Crippen LogP) is 4.87. The van der Waals surface area contributed by atoms with Crippen molar-refractivity contribution in [1.29, 1.82) is 0 Å². The van der Waals surface area contributed by atoms with E-state index in [1.165, 1.54) is 0 Å². The summed E-state index contributed by atoms with van der Waals surface area (Å²) in [6, 6.07) is 7.41. The Balaban J connectivity index is 1.91. The van der Waals surface area contributed by atoms with Crippen molar-refractivity contribution in [2.24, 2.45) is 0 Å². The van der Waals surface area contributed by atoms with Crippen LogP contribution in [0.5, 0.6) is 0 Å². The van der Waals surface area contributed by atoms with Gasteiger partial charge in [-0.25, -0.2) is 0 Å². The van der Waals surface area contributed by atoms with Crippen LogP contribution < -0.4 is 0 Å². The van der Waals surface area contributed by atoms with Crippen molar-refractivity contribution in [3.8, 4) is 0 Å². The van der Waals surface area contributed by atoms with Gasteiger partial charge in [0.1, 0.15) is 11.5 Å². The Morgan fingerprint density at radius 3 is 1.76 bits per heavy atom. The summed E-state index contributed by atoms with van der Waals surface area (Å²) < 4.78 is 10.7. The fourth-order valence-corrected chi connectivity index (χ4v) is 2.61. The number of ketones is 1. The lowest BCUT2D eigenvalue weighted by Gasteiger charge is -2.14. The molecular formula is C18H18O3. The van der Waals surface area contributed by atoms with Gasteiger partial charge in [-0.2, -0.15) is 0 Å². The van der Waals surface area contributed by atoms with Crippen LogP contribution >= 0.6 is 0 Å². The van der Waals surface area contributed by atoms with Crippen molar-refractivity contribution in [2.75, 3.05) is 0 Å². The minimum Gasteiger partial charge on any atom is -0.465 e. The second kappa shape index (κ2) is 6.44. The number of furan rings is 2. The smallest absolute Gasteiger partial charge is 0.185 e. The van der Waals surface area contributed by atoms with Gasteiger partial charge in [0.25, 0.3) is 0 Å². The number of carbonyl (C=O) groups is 1. The van der Waals surface area contributed by atoms with Crippen LogP contribution in [0.25, 0.3) is 12.2 Å². The summed E-state index contributed by atoms with van der Waals surface area (Å²) in [7, 11) is 0. The molecule has 0 unspecified atom stereocenters. The number of rotatable bonds is 2. The first-order chi connectivity index (χ1) is 10.3. The highest BCUT2D eigenvalue weighted by Gasteiger charge is 2.18. The van der Waals surface area contributed by atoms with E-state index in [1.807, 2.05) is 36.4 Å². The third kappa shape index (κ3) is 3.43. The molecule has 0 amide bonds. The normalized spacial score (nSPS) is 20.7. The minimum atomic E-state index is 0.113. The van der Waals surface area contributed by atoms with Gasteiger partial charge in [-0.15, -0.1) is 0 Å². The summed E-state index contributed by atoms with van der Waals surface area (Å²) >= 11 is 0. The molecule has 108 valence electrons. The van der Waals surface area contributed by atoms with E-state index in [0.717, 1.165) is 54.8 Å². The number of Topliss-reactive ketones (excluding diaryl/α,β-unsaturated/α-hetero) is 1. The summed E-state index contributed by atoms with van der Waals surface area (Å²) in [5, 5.41) is 0. The van der Waals surface area contributed by atoms with Crippen LogP contribution in [0.2, 0.25) is 0 Å². The topological polar surface area (TPSA) is 43.4 Å². The molecule has 0 aliphatic heterocycles. The molecule has 0 spiro atoms. The van der Waals surface area contributed by atoms with Crippen LogP contribution in [-0.2, 0) is 4.79 Å². The zero-order valence-electron chi connectivity index (χ0n) is 11.9. The summed E-state index contributed by atoms with van der Waals surface area (Å²) in [4.78, 5) is 12.7. The van der Waals surface area contributed by atoms with Gasteiger partial charge >= 0.3 is 0 Å². The summed E-state index contributed by atoms with van der Waals surface area (Å²) in [6.45, 7) is 0. The zero-order valence-corrected chi connectivity index (χ0v) is 11.9. The molecule has 3 rings (SSSR count). The maximum atomic E-state index is 12.7. The molecule has 2 aromatic rings. The molecule has 1 saturated carbocycles. The molecule has 0 atom stereocenters. The van der Waals surface area contributed by atoms with Crippen molar-refractivity contribution in [3.63, 3.8) is 0 Å². The number of hydrogen-bond donors (Lipinski definition) is 0. The SMILES string of the molecule is O=C1/C(=C\c2ccco2)CCCCC/C1=C\c1ccco1. The average Bonchev–Trinajstić information content (AvgIpc) is 3.15. The van der Waals surface area contributed by atoms with Gasteiger partial charge in [-0.1, -0.05) is 6.42 Å². The zero-order chi connectivity index (χ0) is 14.5. The second-order valence-corrected chi connectivity index (χ2v) is 5.26. The molecule has 0 saturated heterocycles. The standard InChI is InChI=1S/C18H18O3/c19-18-14(12-16-8-4-10-20-16)6-2-1-3-7-15(18)13-17-9-5-11-21-17/h4-5,8-13H,1-3,6-7H2/b14-12-,15-13+. The maximum Gasteiger partial charge on any atom is 0.185 e. The molecule has 21 heavy (non-hydrogen) atoms. The van der Waals surface area contributed by atoms with Gasteiger partial charge in [-0.3, -0.25) is 4.79 Å². The predicted molar refractivity (Wildman–Crippen MR) is 81.5 cm³/mol. The van der Waals surface area contributed by atoms with E-state index in [0.29, 0.717) is 0 Å². The summed E-state index contributed by atoms with van der Waals surface area (Å²) in [5.41, 5.74) is 1.64. The Bertz CT molecular complexity index is 586. The van der Waals surface area contributed by atoms with E-state index < -0.39 is 0 Å². The lowest BCUT2D eigenvalue weighted by atomic mass is 9.90. The van der Waals surface area contributed by atoms with Crippen molar-refractivity contribution >= 4 is 17.9 Å². The minimum absolute atomic E-state index is 0.113. The Morgan fingerprint density at radius 1 is 0.810 bits per heavy atom. The van der Waals surface area contributed by atoms with Gasteiger partial charge in [0, 0.05) is 11.1 Å². The van der Waals surface area contributed by atoms with Crippen LogP contribution in [0.3, 0.4) is 0 Å². The molecule has 3 nitrogen and oxygen atoms in total. The summed E-state index contributed by atoms with van der Waals surface area (Å²) in [5.74, 6) is 1.58. The lowest BCUT2D eigenvalue weighted by Crippen LogP contribution is -2.09. The molecule has 0 aromatic carbocycles. The quantitative estimate of drug-likeness (QED) is 0.738. The highest BCUT2D eigenvalue weighted by Crippen LogP contribution is 2.26. The highest BCUT2D eigenvalue weighted by atomic mass is 16.3. The fraction of sp³-hybridized carbons (Fsp3) is 0.278. The maximum absolute atomic E-state index is 12.7. The first-order valence-corrected chi connectivity index (χ1v) is 7.36. The van der Waals surface area contributed by atoms with Crippen LogP contribution in [0.4, 0.5) is 0 Å². The first kappa shape index (κ1) is 13.7. The molecule has 1 aliphatic rings. The van der Waals surface area contributed by atoms with Gasteiger partial charge in [0.15, 0.2) is 5.78 Å². The molecule has 1 aliphatic carbocycles. The number of hydrogen-bond acceptors (Lipinski definition) is 3. The molecule has 1 fully saturated rings. The van der Waals surface area contributed by atoms with E-state index in [2.05, 4.69) is 0 Å². The van der Waals surface area contributed by atoms with Crippen molar-refractivity contribution in [3.05, 3.63) is 59.5 Å². The Morgan fingerprint density at radius 2 is 1.33 bits per heavy atom. The number of carbonyl (C=O) groups excluding carboxylic acids is 1. The average molecular weight is 282 g/mol. The van der Waals surface area contributed by atoms with Crippen LogP contribution in [-0.4, -0.2) is 5.78 Å². The van der Waals surface area contributed by atoms with E-state index in [9.17, 15) is 4.79 Å². The molecular weight excluding hydrogens is 264 g/mol. The second-order valence-electron chi connectivity index (χ2n) is 5.26. The number of allylic oxidation sites excluding steroid dienone is 2. The molecule has 0 bridgehead atoms. The summed E-state index contributed by atoms with van der Waals surface area (Å²) in [6.07, 6.45) is 11.8. The molecule has 3 heteroatoms. The third-order valence-corrected chi connectivity index (χ3v) is 3.69. The first-order valence-electron chi connectivity index (χ1n) is 7.36. The van der Waals surface area contributed by atoms with E-state index in [4.69, 9.17) is 8.83 Å². The molecule has 2 aromatic heterocycles. The van der Waals surface area contributed by atoms with Crippen LogP contribution in [0.1, 0.15) is 43.6 Å². The van der Waals surface area contributed by atoms with Crippen LogP contribution in [0, 0.1) is 0 Å². The lowest BCUT2D eigenvalue weighted by molar-refractivity contribution is -0.112. The van der Waals surface area contributed by atoms with Gasteiger partial charge in [0.2, 0.25) is 0 Å². The molecule has 2 heterocycles. The van der Waals surface area contributed by atoms with Crippen molar-refractivity contribution in [2.45, 2.75) is 32.1 Å². The molecule has 0 N–H and O–H groups in total. The largest absolute Gasteiger partial charge is 0.465 e. The fourth-order valence-electron chi connectivity index (χ4n) is 2.61. The Hall–Kier alpha value is -2.29. The Labute approximate surface area is 124 Å². The van der Waals surface area contributed by atoms with Gasteiger partial charge < -0.3 is 8.83 Å². The highest BCUT2D eigenvalue weighted by molar-refractivity contribution is 6.13.